The Kier molecular flexibility index (Phi) is 8.58. The van der Waals surface area contributed by atoms with Gasteiger partial charge in [0, 0.05) is 18.9 Å². The summed E-state index contributed by atoms with van der Waals surface area (Å²) in [6.45, 7) is 7.65. The zero-order valence-electron chi connectivity index (χ0n) is 10.9. The van der Waals surface area contributed by atoms with Crippen molar-refractivity contribution in [3.63, 3.8) is 0 Å². The van der Waals surface area contributed by atoms with Crippen molar-refractivity contribution in [2.45, 2.75) is 51.7 Å². The van der Waals surface area contributed by atoms with E-state index in [4.69, 9.17) is 4.74 Å². The molecule has 1 atom stereocenters. The lowest BCUT2D eigenvalue weighted by Crippen LogP contribution is -2.34. The number of methoxy groups -OCH3 is 1. The highest BCUT2D eigenvalue weighted by Crippen LogP contribution is 2.17. The van der Waals surface area contributed by atoms with Gasteiger partial charge in [-0.2, -0.15) is 11.8 Å². The van der Waals surface area contributed by atoms with Gasteiger partial charge in [-0.15, -0.1) is 0 Å². The number of rotatable bonds is 9. The van der Waals surface area contributed by atoms with Gasteiger partial charge in [0.25, 0.3) is 0 Å². The van der Waals surface area contributed by atoms with Crippen molar-refractivity contribution in [2.75, 3.05) is 25.7 Å². The second kappa shape index (κ2) is 8.43. The Labute approximate surface area is 99.5 Å². The first-order valence-corrected chi connectivity index (χ1v) is 7.22. The summed E-state index contributed by atoms with van der Waals surface area (Å²) >= 11 is 1.92. The molecule has 1 N–H and O–H groups in total. The molecule has 0 amide bonds. The molecule has 0 aliphatic heterocycles. The molecule has 0 rings (SSSR count). The maximum absolute atomic E-state index is 5.44. The molecule has 0 heterocycles. The maximum atomic E-state index is 5.44. The lowest BCUT2D eigenvalue weighted by atomic mass is 9.99. The number of hydrogen-bond acceptors (Lipinski definition) is 3. The molecule has 15 heavy (non-hydrogen) atoms. The first-order valence-electron chi connectivity index (χ1n) is 5.83. The predicted octanol–water partition coefficient (Wildman–Crippen LogP) is 2.92. The van der Waals surface area contributed by atoms with Crippen molar-refractivity contribution in [1.82, 2.24) is 5.32 Å². The van der Waals surface area contributed by atoms with E-state index in [0.717, 1.165) is 13.0 Å². The minimum Gasteiger partial charge on any atom is -0.379 e. The van der Waals surface area contributed by atoms with Gasteiger partial charge in [0.1, 0.15) is 0 Å². The van der Waals surface area contributed by atoms with E-state index in [1.165, 1.54) is 18.6 Å². The average molecular weight is 233 g/mol. The van der Waals surface area contributed by atoms with E-state index in [1.807, 2.05) is 11.8 Å². The van der Waals surface area contributed by atoms with Crippen molar-refractivity contribution < 1.29 is 4.74 Å². The fourth-order valence-electron chi connectivity index (χ4n) is 1.42. The lowest BCUT2D eigenvalue weighted by Gasteiger charge is -2.26. The van der Waals surface area contributed by atoms with Crippen LogP contribution in [0, 0.1) is 0 Å². The van der Waals surface area contributed by atoms with E-state index in [1.54, 1.807) is 7.11 Å². The quantitative estimate of drug-likeness (QED) is 0.661. The van der Waals surface area contributed by atoms with Gasteiger partial charge in [-0.25, -0.2) is 0 Å². The number of thioether (sulfide) groups is 1. The molecule has 0 aliphatic carbocycles. The van der Waals surface area contributed by atoms with Crippen molar-refractivity contribution in [1.29, 1.82) is 0 Å². The minimum absolute atomic E-state index is 0.0184. The standard InChI is InChI=1S/C12H27NOS/c1-6-9-13-11(10-15-5)7-8-12(2,3)14-4/h11,13H,6-10H2,1-5H3. The Morgan fingerprint density at radius 3 is 2.53 bits per heavy atom. The van der Waals surface area contributed by atoms with Crippen molar-refractivity contribution in [2.24, 2.45) is 0 Å². The number of nitrogens with one attached hydrogen (secondary N) is 1. The Morgan fingerprint density at radius 1 is 1.40 bits per heavy atom. The second-order valence-electron chi connectivity index (χ2n) is 4.61. The molecule has 3 heteroatoms. The fraction of sp³-hybridized carbons (Fsp3) is 1.00. The van der Waals surface area contributed by atoms with Crippen LogP contribution < -0.4 is 5.32 Å². The Balaban J connectivity index is 3.83. The van der Waals surface area contributed by atoms with E-state index < -0.39 is 0 Å². The van der Waals surface area contributed by atoms with Gasteiger partial charge in [-0.3, -0.25) is 0 Å². The Morgan fingerprint density at radius 2 is 2.07 bits per heavy atom. The molecule has 0 bridgehead atoms. The van der Waals surface area contributed by atoms with Crippen molar-refractivity contribution in [3.05, 3.63) is 0 Å². The van der Waals surface area contributed by atoms with E-state index in [2.05, 4.69) is 32.3 Å². The molecule has 2 nitrogen and oxygen atoms in total. The van der Waals surface area contributed by atoms with Gasteiger partial charge in [0.2, 0.25) is 0 Å². The summed E-state index contributed by atoms with van der Waals surface area (Å²) in [6.07, 6.45) is 5.69. The molecule has 1 unspecified atom stereocenters. The SMILES string of the molecule is CCCNC(CCC(C)(C)OC)CSC. The number of hydrogen-bond donors (Lipinski definition) is 1. The number of ether oxygens (including phenoxy) is 1. The summed E-state index contributed by atoms with van der Waals surface area (Å²) in [5.41, 5.74) is 0.0184. The molecule has 0 radical (unpaired) electrons. The van der Waals surface area contributed by atoms with Crippen LogP contribution in [-0.4, -0.2) is 37.3 Å². The van der Waals surface area contributed by atoms with Crippen LogP contribution in [0.4, 0.5) is 0 Å². The van der Waals surface area contributed by atoms with Crippen molar-refractivity contribution >= 4 is 11.8 Å². The molecule has 92 valence electrons. The van der Waals surface area contributed by atoms with E-state index in [-0.39, 0.29) is 5.60 Å². The molecule has 0 aromatic rings. The van der Waals surface area contributed by atoms with Crippen LogP contribution in [-0.2, 0) is 4.74 Å². The van der Waals surface area contributed by atoms with Crippen LogP contribution in [0.5, 0.6) is 0 Å². The molecular weight excluding hydrogens is 206 g/mol. The van der Waals surface area contributed by atoms with Gasteiger partial charge in [0.15, 0.2) is 0 Å². The summed E-state index contributed by atoms with van der Waals surface area (Å²) in [5.74, 6) is 1.19. The zero-order chi connectivity index (χ0) is 11.7. The smallest absolute Gasteiger partial charge is 0.0623 e. The Bertz CT molecular complexity index is 151. The van der Waals surface area contributed by atoms with Gasteiger partial charge < -0.3 is 10.1 Å². The fourth-order valence-corrected chi connectivity index (χ4v) is 2.10. The third-order valence-electron chi connectivity index (χ3n) is 2.70. The molecule has 0 aliphatic rings. The first-order chi connectivity index (χ1) is 7.05. The van der Waals surface area contributed by atoms with E-state index in [0.29, 0.717) is 6.04 Å². The molecular formula is C12H27NOS. The van der Waals surface area contributed by atoms with E-state index in [9.17, 15) is 0 Å². The Hall–Kier alpha value is 0.270. The van der Waals surface area contributed by atoms with E-state index >= 15 is 0 Å². The summed E-state index contributed by atoms with van der Waals surface area (Å²) in [5, 5.41) is 3.59. The summed E-state index contributed by atoms with van der Waals surface area (Å²) in [4.78, 5) is 0. The van der Waals surface area contributed by atoms with Gasteiger partial charge in [-0.1, -0.05) is 6.92 Å². The highest BCUT2D eigenvalue weighted by Gasteiger charge is 2.18. The molecule has 0 aromatic carbocycles. The monoisotopic (exact) mass is 233 g/mol. The molecule has 0 aromatic heterocycles. The molecule has 0 saturated carbocycles. The van der Waals surface area contributed by atoms with Crippen LogP contribution in [0.1, 0.15) is 40.0 Å². The van der Waals surface area contributed by atoms with Gasteiger partial charge in [-0.05, 0) is 45.9 Å². The summed E-state index contributed by atoms with van der Waals surface area (Å²) in [6, 6.07) is 0.634. The first kappa shape index (κ1) is 15.3. The highest BCUT2D eigenvalue weighted by atomic mass is 32.2. The topological polar surface area (TPSA) is 21.3 Å². The van der Waals surface area contributed by atoms with Crippen molar-refractivity contribution in [3.8, 4) is 0 Å². The molecule has 0 saturated heterocycles. The van der Waals surface area contributed by atoms with Gasteiger partial charge >= 0.3 is 0 Å². The normalized spacial score (nSPS) is 14.2. The zero-order valence-corrected chi connectivity index (χ0v) is 11.7. The van der Waals surface area contributed by atoms with Crippen LogP contribution in [0.15, 0.2) is 0 Å². The highest BCUT2D eigenvalue weighted by molar-refractivity contribution is 7.98. The van der Waals surface area contributed by atoms with Crippen LogP contribution in [0.25, 0.3) is 0 Å². The summed E-state index contributed by atoms with van der Waals surface area (Å²) < 4.78 is 5.44. The van der Waals surface area contributed by atoms with Gasteiger partial charge in [0.05, 0.1) is 5.60 Å². The van der Waals surface area contributed by atoms with Crippen LogP contribution in [0.3, 0.4) is 0 Å². The average Bonchev–Trinajstić information content (AvgIpc) is 2.22. The van der Waals surface area contributed by atoms with Crippen LogP contribution >= 0.6 is 11.8 Å². The second-order valence-corrected chi connectivity index (χ2v) is 5.52. The maximum Gasteiger partial charge on any atom is 0.0623 e. The minimum atomic E-state index is 0.0184. The molecule has 0 spiro atoms. The summed E-state index contributed by atoms with van der Waals surface area (Å²) in [7, 11) is 1.79. The largest absolute Gasteiger partial charge is 0.379 e. The third kappa shape index (κ3) is 8.12. The lowest BCUT2D eigenvalue weighted by molar-refractivity contribution is 0.0122. The third-order valence-corrected chi connectivity index (χ3v) is 3.43. The predicted molar refractivity (Wildman–Crippen MR) is 70.8 cm³/mol. The van der Waals surface area contributed by atoms with Crippen LogP contribution in [0.2, 0.25) is 0 Å². The molecule has 0 fully saturated rings.